The lowest BCUT2D eigenvalue weighted by atomic mass is 9.51. The van der Waals surface area contributed by atoms with Crippen molar-refractivity contribution in [1.82, 2.24) is 0 Å². The van der Waals surface area contributed by atoms with Gasteiger partial charge in [-0.05, 0) is 92.6 Å². The Hall–Kier alpha value is -1.31. The second kappa shape index (κ2) is 5.86. The summed E-state index contributed by atoms with van der Waals surface area (Å²) in [6.07, 6.45) is 20.3. The molecule has 0 aliphatic heterocycles. The van der Waals surface area contributed by atoms with Crippen LogP contribution in [0.15, 0.2) is 34.9 Å². The van der Waals surface area contributed by atoms with E-state index >= 15 is 0 Å². The summed E-state index contributed by atoms with van der Waals surface area (Å²) in [4.78, 5) is 12.2. The molecule has 2 nitrogen and oxygen atoms in total. The normalized spacial score (nSPS) is 42.6. The molecule has 3 saturated carbocycles. The van der Waals surface area contributed by atoms with Crippen LogP contribution in [-0.4, -0.2) is 11.1 Å². The maximum atomic E-state index is 12.2. The van der Waals surface area contributed by atoms with Crippen LogP contribution in [0.4, 0.5) is 0 Å². The van der Waals surface area contributed by atoms with Gasteiger partial charge in [-0.15, -0.1) is 0 Å². The van der Waals surface area contributed by atoms with Crippen molar-refractivity contribution < 1.29 is 9.90 Å². The Bertz CT molecular complexity index is 682. The predicted molar refractivity (Wildman–Crippen MR) is 99.1 cm³/mol. The van der Waals surface area contributed by atoms with Crippen LogP contribution in [0.2, 0.25) is 0 Å². The quantitative estimate of drug-likeness (QED) is 0.670. The molecule has 2 heteroatoms. The van der Waals surface area contributed by atoms with Gasteiger partial charge in [0, 0.05) is 0 Å². The second-order valence-corrected chi connectivity index (χ2v) is 9.16. The van der Waals surface area contributed by atoms with Gasteiger partial charge in [0.15, 0.2) is 0 Å². The Morgan fingerprint density at radius 1 is 0.920 bits per heavy atom. The first-order chi connectivity index (χ1) is 12.2. The van der Waals surface area contributed by atoms with Crippen molar-refractivity contribution in [3.63, 3.8) is 0 Å². The molecule has 0 radical (unpaired) electrons. The van der Waals surface area contributed by atoms with Crippen molar-refractivity contribution in [2.24, 2.45) is 29.1 Å². The molecular formula is C23H30O2. The summed E-state index contributed by atoms with van der Waals surface area (Å²) < 4.78 is 0. The van der Waals surface area contributed by atoms with Gasteiger partial charge in [0.1, 0.15) is 0 Å². The third-order valence-corrected chi connectivity index (χ3v) is 8.25. The van der Waals surface area contributed by atoms with Gasteiger partial charge in [-0.1, -0.05) is 36.6 Å². The molecule has 25 heavy (non-hydrogen) atoms. The van der Waals surface area contributed by atoms with E-state index in [9.17, 15) is 9.90 Å². The molecule has 3 fully saturated rings. The third-order valence-electron chi connectivity index (χ3n) is 8.25. The van der Waals surface area contributed by atoms with Gasteiger partial charge in [0.25, 0.3) is 0 Å². The molecule has 5 aliphatic rings. The van der Waals surface area contributed by atoms with Crippen molar-refractivity contribution in [2.45, 2.75) is 70.6 Å². The first-order valence-corrected chi connectivity index (χ1v) is 10.6. The topological polar surface area (TPSA) is 37.3 Å². The molecule has 0 spiro atoms. The molecule has 0 aromatic rings. The highest BCUT2D eigenvalue weighted by Gasteiger charge is 2.54. The molecule has 0 amide bonds. The molecule has 5 atom stereocenters. The largest absolute Gasteiger partial charge is 0.481 e. The van der Waals surface area contributed by atoms with Gasteiger partial charge in [-0.2, -0.15) is 0 Å². The van der Waals surface area contributed by atoms with E-state index in [1.807, 2.05) is 0 Å². The Morgan fingerprint density at radius 2 is 1.84 bits per heavy atom. The summed E-state index contributed by atoms with van der Waals surface area (Å²) in [5, 5.41) is 10.0. The van der Waals surface area contributed by atoms with Gasteiger partial charge in [0.05, 0.1) is 5.41 Å². The van der Waals surface area contributed by atoms with E-state index in [0.29, 0.717) is 17.8 Å². The van der Waals surface area contributed by atoms with Gasteiger partial charge in [-0.3, -0.25) is 4.79 Å². The van der Waals surface area contributed by atoms with Gasteiger partial charge < -0.3 is 5.11 Å². The van der Waals surface area contributed by atoms with Crippen molar-refractivity contribution in [2.75, 3.05) is 0 Å². The molecular weight excluding hydrogens is 308 g/mol. The fourth-order valence-corrected chi connectivity index (χ4v) is 7.07. The van der Waals surface area contributed by atoms with Crippen molar-refractivity contribution >= 4 is 5.97 Å². The molecule has 0 aromatic heterocycles. The zero-order chi connectivity index (χ0) is 17.0. The molecule has 0 bridgehead atoms. The number of hydrogen-bond donors (Lipinski definition) is 1. The average molecular weight is 338 g/mol. The Morgan fingerprint density at radius 3 is 2.72 bits per heavy atom. The molecule has 0 aromatic carbocycles. The third kappa shape index (κ3) is 2.25. The second-order valence-electron chi connectivity index (χ2n) is 9.16. The van der Waals surface area contributed by atoms with Gasteiger partial charge in [0.2, 0.25) is 0 Å². The Balaban J connectivity index is 1.54. The summed E-state index contributed by atoms with van der Waals surface area (Å²) in [7, 11) is 0. The van der Waals surface area contributed by atoms with E-state index in [1.165, 1.54) is 44.1 Å². The average Bonchev–Trinajstić information content (AvgIpc) is 2.66. The number of rotatable bonds is 1. The van der Waals surface area contributed by atoms with Crippen LogP contribution in [0.5, 0.6) is 0 Å². The highest BCUT2D eigenvalue weighted by Crippen LogP contribution is 2.60. The molecule has 0 saturated heterocycles. The number of carboxylic acid groups (broad SMARTS) is 1. The number of hydrogen-bond acceptors (Lipinski definition) is 1. The van der Waals surface area contributed by atoms with Crippen molar-refractivity contribution in [3.8, 4) is 0 Å². The maximum Gasteiger partial charge on any atom is 0.310 e. The van der Waals surface area contributed by atoms with E-state index in [4.69, 9.17) is 0 Å². The minimum Gasteiger partial charge on any atom is -0.481 e. The summed E-state index contributed by atoms with van der Waals surface area (Å²) in [5.74, 6) is 1.88. The number of fused-ring (bicyclic) bond motifs is 7. The highest BCUT2D eigenvalue weighted by atomic mass is 16.4. The van der Waals surface area contributed by atoms with Crippen molar-refractivity contribution in [3.05, 3.63) is 34.9 Å². The monoisotopic (exact) mass is 338 g/mol. The van der Waals surface area contributed by atoms with E-state index in [2.05, 4.69) is 18.2 Å². The molecule has 5 unspecified atom stereocenters. The minimum atomic E-state index is -0.523. The van der Waals surface area contributed by atoms with Crippen LogP contribution >= 0.6 is 0 Å². The number of allylic oxidation sites excluding steroid dienone is 6. The SMILES string of the molecule is O=C(O)C12CCCCC1C1=CC=C3C4=CCCCC4CCC3C1CC2. The Kier molecular flexibility index (Phi) is 3.73. The molecule has 5 aliphatic carbocycles. The molecule has 134 valence electrons. The summed E-state index contributed by atoms with van der Waals surface area (Å²) in [6.45, 7) is 0. The first kappa shape index (κ1) is 15.9. The van der Waals surface area contributed by atoms with E-state index < -0.39 is 11.4 Å². The standard InChI is InChI=1S/C23H30O2/c24-22(25)23-13-4-3-7-21(23)20-11-10-17-16-6-2-1-5-15(16)8-9-18(17)19(20)12-14-23/h6,10-11,15,18-19,21H,1-5,7-9,12-14H2,(H,24,25). The van der Waals surface area contributed by atoms with Crippen LogP contribution in [-0.2, 0) is 4.79 Å². The lowest BCUT2D eigenvalue weighted by Gasteiger charge is -2.52. The summed E-state index contributed by atoms with van der Waals surface area (Å²) >= 11 is 0. The summed E-state index contributed by atoms with van der Waals surface area (Å²) in [5.41, 5.74) is 4.35. The van der Waals surface area contributed by atoms with E-state index in [1.54, 1.807) is 11.1 Å². The number of carboxylic acids is 1. The number of aliphatic carboxylic acids is 1. The lowest BCUT2D eigenvalue weighted by Crippen LogP contribution is -2.48. The van der Waals surface area contributed by atoms with Gasteiger partial charge >= 0.3 is 5.97 Å². The zero-order valence-corrected chi connectivity index (χ0v) is 15.2. The Labute approximate surface area is 151 Å². The van der Waals surface area contributed by atoms with Crippen molar-refractivity contribution in [1.29, 1.82) is 0 Å². The van der Waals surface area contributed by atoms with Gasteiger partial charge in [-0.25, -0.2) is 0 Å². The maximum absolute atomic E-state index is 12.2. The minimum absolute atomic E-state index is 0.299. The fraction of sp³-hybridized carbons (Fsp3) is 0.696. The van der Waals surface area contributed by atoms with E-state index in [0.717, 1.165) is 38.0 Å². The lowest BCUT2D eigenvalue weighted by molar-refractivity contribution is -0.156. The van der Waals surface area contributed by atoms with Crippen LogP contribution in [0.3, 0.4) is 0 Å². The zero-order valence-electron chi connectivity index (χ0n) is 15.2. The smallest absolute Gasteiger partial charge is 0.310 e. The first-order valence-electron chi connectivity index (χ1n) is 10.6. The van der Waals surface area contributed by atoms with E-state index in [-0.39, 0.29) is 0 Å². The van der Waals surface area contributed by atoms with Crippen LogP contribution in [0, 0.1) is 29.1 Å². The summed E-state index contributed by atoms with van der Waals surface area (Å²) in [6, 6.07) is 0. The van der Waals surface area contributed by atoms with Crippen LogP contribution in [0.1, 0.15) is 70.6 Å². The van der Waals surface area contributed by atoms with Crippen LogP contribution in [0.25, 0.3) is 0 Å². The molecule has 1 N–H and O–H groups in total. The number of carbonyl (C=O) groups is 1. The molecule has 0 heterocycles. The van der Waals surface area contributed by atoms with Crippen LogP contribution < -0.4 is 0 Å². The highest BCUT2D eigenvalue weighted by molar-refractivity contribution is 5.76. The molecule has 5 rings (SSSR count). The fourth-order valence-electron chi connectivity index (χ4n) is 7.07. The predicted octanol–water partition coefficient (Wildman–Crippen LogP) is 5.66.